The van der Waals surface area contributed by atoms with E-state index in [1.54, 1.807) is 0 Å². The van der Waals surface area contributed by atoms with Crippen molar-refractivity contribution in [2.45, 2.75) is 122 Å². The van der Waals surface area contributed by atoms with Crippen LogP contribution in [0, 0.1) is 11.5 Å². The molecule has 0 bridgehead atoms. The molecule has 0 radical (unpaired) electrons. The molecule has 2 atom stereocenters. The maximum absolute atomic E-state index is 10.5. The van der Waals surface area contributed by atoms with Crippen molar-refractivity contribution >= 4 is 24.7 Å². The van der Waals surface area contributed by atoms with Gasteiger partial charge in [-0.15, -0.1) is 5.54 Å². The van der Waals surface area contributed by atoms with Crippen molar-refractivity contribution < 1.29 is 14.0 Å². The summed E-state index contributed by atoms with van der Waals surface area (Å²) in [6, 6.07) is 0. The van der Waals surface area contributed by atoms with Gasteiger partial charge in [-0.05, 0) is 42.7 Å². The van der Waals surface area contributed by atoms with Crippen LogP contribution >= 0.6 is 0 Å². The van der Waals surface area contributed by atoms with E-state index in [4.69, 9.17) is 8.85 Å². The third-order valence-electron chi connectivity index (χ3n) is 6.08. The van der Waals surface area contributed by atoms with Gasteiger partial charge in [0.05, 0.1) is 6.10 Å². The van der Waals surface area contributed by atoms with E-state index < -0.39 is 30.8 Å². The monoisotopic (exact) mass is 444 g/mol. The Morgan fingerprint density at radius 2 is 1.29 bits per heavy atom. The Morgan fingerprint density at radius 1 is 0.821 bits per heavy atom. The lowest BCUT2D eigenvalue weighted by Crippen LogP contribution is -2.45. The second-order valence-corrected chi connectivity index (χ2v) is 26.5. The van der Waals surface area contributed by atoms with E-state index in [0.29, 0.717) is 13.0 Å². The van der Waals surface area contributed by atoms with E-state index in [-0.39, 0.29) is 16.2 Å². The highest BCUT2D eigenvalue weighted by molar-refractivity contribution is 6.83. The minimum atomic E-state index is -1.92. The lowest BCUT2D eigenvalue weighted by atomic mass is 10.1. The van der Waals surface area contributed by atoms with E-state index in [1.165, 1.54) is 0 Å². The molecule has 0 aliphatic rings. The lowest BCUT2D eigenvalue weighted by molar-refractivity contribution is 0.0935. The lowest BCUT2D eigenvalue weighted by Gasteiger charge is -2.40. The maximum atomic E-state index is 10.5. The SMILES string of the molecule is CC(C)(C)[Si](C)(C)OCC[C@H](C[C@H](O)C#C[Si](C)(C)C)O[Si](C)(C)C(C)(C)C. The molecule has 0 amide bonds. The number of aliphatic hydroxyl groups is 1. The molecule has 0 aromatic heterocycles. The van der Waals surface area contributed by atoms with Crippen molar-refractivity contribution in [3.8, 4) is 11.5 Å². The van der Waals surface area contributed by atoms with Gasteiger partial charge < -0.3 is 14.0 Å². The third kappa shape index (κ3) is 10.2. The van der Waals surface area contributed by atoms with E-state index in [0.717, 1.165) is 6.42 Å². The second kappa shape index (κ2) is 9.93. The summed E-state index contributed by atoms with van der Waals surface area (Å²) in [4.78, 5) is 0. The molecule has 0 aromatic carbocycles. The van der Waals surface area contributed by atoms with Gasteiger partial charge in [0.25, 0.3) is 0 Å². The average Bonchev–Trinajstić information content (AvgIpc) is 2.41. The van der Waals surface area contributed by atoms with Gasteiger partial charge in [0, 0.05) is 13.0 Å². The van der Waals surface area contributed by atoms with Crippen molar-refractivity contribution in [1.82, 2.24) is 0 Å². The standard InChI is InChI=1S/C22H48O3Si3/c1-21(2,3)27(10,11)24-16-14-20(25-28(12,13)22(4,5)6)18-19(23)15-17-26(7,8)9/h19-20,23H,14,16,18H2,1-13H3/t19-,20-/m1/s1. The summed E-state index contributed by atoms with van der Waals surface area (Å²) in [5, 5.41) is 10.9. The number of hydrogen-bond acceptors (Lipinski definition) is 3. The van der Waals surface area contributed by atoms with Crippen molar-refractivity contribution in [2.75, 3.05) is 6.61 Å². The van der Waals surface area contributed by atoms with Gasteiger partial charge in [0.2, 0.25) is 0 Å². The molecule has 0 unspecified atom stereocenters. The van der Waals surface area contributed by atoms with Crippen molar-refractivity contribution in [1.29, 1.82) is 0 Å². The molecule has 28 heavy (non-hydrogen) atoms. The average molecular weight is 445 g/mol. The van der Waals surface area contributed by atoms with Crippen LogP contribution in [0.4, 0.5) is 0 Å². The Balaban J connectivity index is 5.22. The Bertz CT molecular complexity index is 541. The highest BCUT2D eigenvalue weighted by Gasteiger charge is 2.40. The fourth-order valence-corrected chi connectivity index (χ4v) is 5.15. The molecule has 0 heterocycles. The highest BCUT2D eigenvalue weighted by atomic mass is 28.4. The normalized spacial score (nSPS) is 16.4. The predicted octanol–water partition coefficient (Wildman–Crippen LogP) is 6.42. The molecule has 6 heteroatoms. The summed E-state index contributed by atoms with van der Waals surface area (Å²) in [6.07, 6.45) is 0.723. The van der Waals surface area contributed by atoms with Crippen LogP contribution in [-0.2, 0) is 8.85 Å². The molecule has 0 saturated heterocycles. The van der Waals surface area contributed by atoms with Gasteiger partial charge in [-0.1, -0.05) is 67.1 Å². The van der Waals surface area contributed by atoms with Crippen LogP contribution in [0.15, 0.2) is 0 Å². The first-order valence-electron chi connectivity index (χ1n) is 10.7. The zero-order chi connectivity index (χ0) is 22.6. The van der Waals surface area contributed by atoms with Gasteiger partial charge in [0.15, 0.2) is 16.6 Å². The van der Waals surface area contributed by atoms with Gasteiger partial charge in [0.1, 0.15) is 14.2 Å². The molecule has 0 rings (SSSR count). The topological polar surface area (TPSA) is 38.7 Å². The fourth-order valence-electron chi connectivity index (χ4n) is 2.09. The minimum absolute atomic E-state index is 0.0170. The Kier molecular flexibility index (Phi) is 9.96. The van der Waals surface area contributed by atoms with Gasteiger partial charge in [-0.3, -0.25) is 0 Å². The molecular weight excluding hydrogens is 396 g/mol. The zero-order valence-corrected chi connectivity index (χ0v) is 24.0. The van der Waals surface area contributed by atoms with Crippen LogP contribution in [0.2, 0.25) is 55.9 Å². The molecule has 0 aliphatic carbocycles. The molecule has 0 aliphatic heterocycles. The minimum Gasteiger partial charge on any atom is -0.417 e. The fraction of sp³-hybridized carbons (Fsp3) is 0.909. The Labute approximate surface area is 179 Å². The molecule has 3 nitrogen and oxygen atoms in total. The van der Waals surface area contributed by atoms with Gasteiger partial charge in [-0.2, -0.15) is 0 Å². The van der Waals surface area contributed by atoms with E-state index in [2.05, 4.69) is 98.8 Å². The summed E-state index contributed by atoms with van der Waals surface area (Å²) in [5.41, 5.74) is 3.29. The number of aliphatic hydroxyl groups excluding tert-OH is 1. The van der Waals surface area contributed by atoms with Crippen molar-refractivity contribution in [3.05, 3.63) is 0 Å². The van der Waals surface area contributed by atoms with Gasteiger partial charge in [-0.25, -0.2) is 0 Å². The predicted molar refractivity (Wildman–Crippen MR) is 132 cm³/mol. The second-order valence-electron chi connectivity index (χ2n) is 12.2. The molecule has 166 valence electrons. The molecule has 0 spiro atoms. The first-order chi connectivity index (χ1) is 12.2. The third-order valence-corrected chi connectivity index (χ3v) is 16.0. The first kappa shape index (κ1) is 28.1. The Hall–Kier alpha value is 0.0906. The van der Waals surface area contributed by atoms with Gasteiger partial charge >= 0.3 is 0 Å². The van der Waals surface area contributed by atoms with Crippen LogP contribution in [0.1, 0.15) is 54.4 Å². The van der Waals surface area contributed by atoms with E-state index in [9.17, 15) is 5.11 Å². The van der Waals surface area contributed by atoms with Crippen LogP contribution in [0.25, 0.3) is 0 Å². The zero-order valence-electron chi connectivity index (χ0n) is 21.0. The van der Waals surface area contributed by atoms with Crippen molar-refractivity contribution in [2.24, 2.45) is 0 Å². The molecule has 0 fully saturated rings. The molecule has 0 aromatic rings. The number of rotatable bonds is 8. The number of hydrogen-bond donors (Lipinski definition) is 1. The summed E-state index contributed by atoms with van der Waals surface area (Å²) >= 11 is 0. The van der Waals surface area contributed by atoms with Crippen molar-refractivity contribution in [3.63, 3.8) is 0 Å². The largest absolute Gasteiger partial charge is 0.417 e. The van der Waals surface area contributed by atoms with E-state index >= 15 is 0 Å². The summed E-state index contributed by atoms with van der Waals surface area (Å²) in [5.74, 6) is 3.08. The molecule has 0 saturated carbocycles. The highest BCUT2D eigenvalue weighted by Crippen LogP contribution is 2.39. The van der Waals surface area contributed by atoms with E-state index in [1.807, 2.05) is 0 Å². The summed E-state index contributed by atoms with van der Waals surface area (Å²) in [7, 11) is -5.19. The molecular formula is C22H48O3Si3. The van der Waals surface area contributed by atoms with Crippen LogP contribution in [-0.4, -0.2) is 48.6 Å². The summed E-state index contributed by atoms with van der Waals surface area (Å²) in [6.45, 7) is 29.9. The maximum Gasteiger partial charge on any atom is 0.192 e. The smallest absolute Gasteiger partial charge is 0.192 e. The molecule has 1 N–H and O–H groups in total. The summed E-state index contributed by atoms with van der Waals surface area (Å²) < 4.78 is 13.0. The van der Waals surface area contributed by atoms with Crippen LogP contribution in [0.5, 0.6) is 0 Å². The first-order valence-corrected chi connectivity index (χ1v) is 20.0. The Morgan fingerprint density at radius 3 is 1.68 bits per heavy atom. The quantitative estimate of drug-likeness (QED) is 0.347. The van der Waals surface area contributed by atoms with Crippen LogP contribution in [0.3, 0.4) is 0 Å². The van der Waals surface area contributed by atoms with Crippen LogP contribution < -0.4 is 0 Å².